The molecule has 0 aliphatic carbocycles. The van der Waals surface area contributed by atoms with Gasteiger partial charge in [0.1, 0.15) is 5.82 Å². The quantitative estimate of drug-likeness (QED) is 0.615. The van der Waals surface area contributed by atoms with Gasteiger partial charge in [-0.1, -0.05) is 28.9 Å². The minimum absolute atomic E-state index is 0.134. The highest BCUT2D eigenvalue weighted by Gasteiger charge is 2.22. The van der Waals surface area contributed by atoms with Crippen molar-refractivity contribution in [2.24, 2.45) is 0 Å². The summed E-state index contributed by atoms with van der Waals surface area (Å²) < 4.78 is 19.8. The summed E-state index contributed by atoms with van der Waals surface area (Å²) in [6, 6.07) is 12.7. The van der Waals surface area contributed by atoms with E-state index in [2.05, 4.69) is 15.0 Å². The second-order valence-electron chi connectivity index (χ2n) is 7.37. The van der Waals surface area contributed by atoms with Crippen molar-refractivity contribution >= 4 is 11.5 Å². The Bertz CT molecular complexity index is 1030. The topological polar surface area (TPSA) is 62.5 Å². The van der Waals surface area contributed by atoms with Gasteiger partial charge in [-0.2, -0.15) is 4.98 Å². The molecule has 1 aliphatic rings. The minimum atomic E-state index is -0.356. The highest BCUT2D eigenvalue weighted by molar-refractivity contribution is 5.94. The van der Waals surface area contributed by atoms with E-state index in [1.807, 2.05) is 36.1 Å². The first kappa shape index (κ1) is 19.3. The smallest absolute Gasteiger partial charge is 0.241 e. The Morgan fingerprint density at radius 1 is 1.14 bits per heavy atom. The van der Waals surface area contributed by atoms with E-state index in [9.17, 15) is 9.18 Å². The third-order valence-corrected chi connectivity index (χ3v) is 5.17. The van der Waals surface area contributed by atoms with Gasteiger partial charge in [-0.25, -0.2) is 4.39 Å². The van der Waals surface area contributed by atoms with Crippen molar-refractivity contribution < 1.29 is 13.7 Å². The summed E-state index contributed by atoms with van der Waals surface area (Å²) in [6.07, 6.45) is 0. The molecule has 7 heteroatoms. The fraction of sp³-hybridized carbons (Fsp3) is 0.318. The van der Waals surface area contributed by atoms with Crippen molar-refractivity contribution in [1.82, 2.24) is 15.0 Å². The molecule has 1 saturated heterocycles. The van der Waals surface area contributed by atoms with Gasteiger partial charge in [0, 0.05) is 37.3 Å². The molecule has 150 valence electrons. The second kappa shape index (κ2) is 8.13. The number of hydrogen-bond donors (Lipinski definition) is 0. The lowest BCUT2D eigenvalue weighted by Gasteiger charge is -2.35. The van der Waals surface area contributed by atoms with Crippen LogP contribution >= 0.6 is 0 Å². The van der Waals surface area contributed by atoms with Crippen molar-refractivity contribution in [3.05, 3.63) is 65.3 Å². The number of carbonyl (C=O) groups excluding carboxylic acids is 1. The van der Waals surface area contributed by atoms with E-state index >= 15 is 0 Å². The van der Waals surface area contributed by atoms with Gasteiger partial charge in [-0.15, -0.1) is 0 Å². The number of carbonyl (C=O) groups is 1. The molecular formula is C22H23FN4O2. The number of aromatic nitrogens is 2. The molecule has 0 spiro atoms. The average molecular weight is 394 g/mol. The highest BCUT2D eigenvalue weighted by atomic mass is 19.1. The molecule has 2 heterocycles. The predicted molar refractivity (Wildman–Crippen MR) is 108 cm³/mol. The minimum Gasteiger partial charge on any atom is -0.367 e. The maximum absolute atomic E-state index is 14.4. The zero-order valence-corrected chi connectivity index (χ0v) is 16.6. The number of anilines is 1. The number of aryl methyl sites for hydroxylation is 1. The lowest BCUT2D eigenvalue weighted by molar-refractivity contribution is 0.101. The summed E-state index contributed by atoms with van der Waals surface area (Å²) in [7, 11) is 0. The van der Waals surface area contributed by atoms with Crippen LogP contribution in [0.1, 0.15) is 28.7 Å². The fourth-order valence-electron chi connectivity index (χ4n) is 3.54. The number of halogens is 1. The summed E-state index contributed by atoms with van der Waals surface area (Å²) in [6.45, 7) is 6.94. The molecule has 0 bridgehead atoms. The molecule has 0 amide bonds. The predicted octanol–water partition coefficient (Wildman–Crippen LogP) is 3.71. The first-order valence-corrected chi connectivity index (χ1v) is 9.67. The summed E-state index contributed by atoms with van der Waals surface area (Å²) in [4.78, 5) is 20.1. The van der Waals surface area contributed by atoms with Crippen molar-refractivity contribution in [2.75, 3.05) is 31.1 Å². The maximum atomic E-state index is 14.4. The Kier molecular flexibility index (Phi) is 5.40. The van der Waals surface area contributed by atoms with E-state index in [1.54, 1.807) is 12.1 Å². The number of nitrogens with zero attached hydrogens (tertiary/aromatic N) is 4. The molecule has 0 saturated carbocycles. The molecule has 0 radical (unpaired) electrons. The first-order chi connectivity index (χ1) is 14.0. The van der Waals surface area contributed by atoms with Gasteiger partial charge in [0.25, 0.3) is 0 Å². The van der Waals surface area contributed by atoms with Gasteiger partial charge in [0.2, 0.25) is 11.7 Å². The second-order valence-corrected chi connectivity index (χ2v) is 7.37. The molecule has 0 N–H and O–H groups in total. The van der Waals surface area contributed by atoms with E-state index in [0.717, 1.165) is 24.2 Å². The standard InChI is InChI=1S/C22H23FN4O2/c1-15-4-3-5-18(12-15)22-24-21(29-25-22)14-26-8-10-27(11-9-26)20-7-6-17(16(2)28)13-19(20)23/h3-7,12-13H,8-11,14H2,1-2H3. The van der Waals surface area contributed by atoms with E-state index in [0.29, 0.717) is 42.6 Å². The van der Waals surface area contributed by atoms with Crippen molar-refractivity contribution in [3.63, 3.8) is 0 Å². The number of ketones is 1. The normalized spacial score (nSPS) is 14.9. The van der Waals surface area contributed by atoms with Crippen molar-refractivity contribution in [3.8, 4) is 11.4 Å². The molecule has 0 unspecified atom stereocenters. The van der Waals surface area contributed by atoms with Crippen LogP contribution in [0.25, 0.3) is 11.4 Å². The van der Waals surface area contributed by atoms with Gasteiger partial charge in [-0.3, -0.25) is 9.69 Å². The van der Waals surface area contributed by atoms with Gasteiger partial charge in [-0.05, 0) is 38.1 Å². The van der Waals surface area contributed by atoms with E-state index < -0.39 is 0 Å². The zero-order chi connectivity index (χ0) is 20.4. The largest absolute Gasteiger partial charge is 0.367 e. The molecule has 1 fully saturated rings. The molecule has 3 aromatic rings. The van der Waals surface area contributed by atoms with Crippen molar-refractivity contribution in [1.29, 1.82) is 0 Å². The Balaban J connectivity index is 1.36. The number of benzene rings is 2. The third-order valence-electron chi connectivity index (χ3n) is 5.17. The summed E-state index contributed by atoms with van der Waals surface area (Å²) in [5, 5.41) is 4.09. The number of Topliss-reactive ketones (excluding diaryl/α,β-unsaturated/α-hetero) is 1. The molecule has 29 heavy (non-hydrogen) atoms. The number of rotatable bonds is 5. The average Bonchev–Trinajstić information content (AvgIpc) is 3.17. The Morgan fingerprint density at radius 3 is 2.62 bits per heavy atom. The lowest BCUT2D eigenvalue weighted by atomic mass is 10.1. The van der Waals surface area contributed by atoms with Crippen LogP contribution in [0.4, 0.5) is 10.1 Å². The number of hydrogen-bond acceptors (Lipinski definition) is 6. The van der Waals surface area contributed by atoms with Crippen LogP contribution in [0.5, 0.6) is 0 Å². The Labute approximate surface area is 168 Å². The molecule has 6 nitrogen and oxygen atoms in total. The Morgan fingerprint density at radius 2 is 1.93 bits per heavy atom. The highest BCUT2D eigenvalue weighted by Crippen LogP contribution is 2.23. The van der Waals surface area contributed by atoms with Gasteiger partial charge in [0.05, 0.1) is 12.2 Å². The maximum Gasteiger partial charge on any atom is 0.241 e. The van der Waals surface area contributed by atoms with Crippen LogP contribution in [0, 0.1) is 12.7 Å². The SMILES string of the molecule is CC(=O)c1ccc(N2CCN(Cc3nc(-c4cccc(C)c4)no3)CC2)c(F)c1. The zero-order valence-electron chi connectivity index (χ0n) is 16.6. The summed E-state index contributed by atoms with van der Waals surface area (Å²) >= 11 is 0. The van der Waals surface area contributed by atoms with E-state index in [4.69, 9.17) is 4.52 Å². The van der Waals surface area contributed by atoms with E-state index in [1.165, 1.54) is 13.0 Å². The van der Waals surface area contributed by atoms with Crippen LogP contribution in [0.3, 0.4) is 0 Å². The van der Waals surface area contributed by atoms with Crippen LogP contribution in [-0.2, 0) is 6.54 Å². The summed E-state index contributed by atoms with van der Waals surface area (Å²) in [5.41, 5.74) is 3.02. The van der Waals surface area contributed by atoms with Crippen LogP contribution in [-0.4, -0.2) is 47.0 Å². The first-order valence-electron chi connectivity index (χ1n) is 9.67. The van der Waals surface area contributed by atoms with Crippen LogP contribution in [0.15, 0.2) is 47.0 Å². The molecule has 1 aromatic heterocycles. The molecular weight excluding hydrogens is 371 g/mol. The van der Waals surface area contributed by atoms with Gasteiger partial charge in [0.15, 0.2) is 5.78 Å². The van der Waals surface area contributed by atoms with Crippen molar-refractivity contribution in [2.45, 2.75) is 20.4 Å². The van der Waals surface area contributed by atoms with Gasteiger partial charge >= 0.3 is 0 Å². The molecule has 2 aromatic carbocycles. The number of piperazine rings is 1. The molecule has 1 aliphatic heterocycles. The van der Waals surface area contributed by atoms with E-state index in [-0.39, 0.29) is 11.6 Å². The monoisotopic (exact) mass is 394 g/mol. The molecule has 4 rings (SSSR count). The fourth-order valence-corrected chi connectivity index (χ4v) is 3.54. The van der Waals surface area contributed by atoms with Crippen LogP contribution in [0.2, 0.25) is 0 Å². The van der Waals surface area contributed by atoms with Crippen LogP contribution < -0.4 is 4.90 Å². The third kappa shape index (κ3) is 4.35. The lowest BCUT2D eigenvalue weighted by Crippen LogP contribution is -2.46. The summed E-state index contributed by atoms with van der Waals surface area (Å²) in [5.74, 6) is 0.678. The van der Waals surface area contributed by atoms with Gasteiger partial charge < -0.3 is 9.42 Å². The molecule has 0 atom stereocenters. The Hall–Kier alpha value is -3.06.